The fourth-order valence-electron chi connectivity index (χ4n) is 1.09. The van der Waals surface area contributed by atoms with Gasteiger partial charge in [-0.2, -0.15) is 0 Å². The van der Waals surface area contributed by atoms with Crippen LogP contribution in [0.15, 0.2) is 29.2 Å². The highest BCUT2D eigenvalue weighted by Crippen LogP contribution is 2.25. The molecule has 6 heteroatoms. The van der Waals surface area contributed by atoms with Crippen molar-refractivity contribution in [1.29, 1.82) is 0 Å². The topological polar surface area (TPSA) is 69.4 Å². The predicted molar refractivity (Wildman–Crippen MR) is 71.5 cm³/mol. The van der Waals surface area contributed by atoms with Gasteiger partial charge in [-0.1, -0.05) is 11.6 Å². The van der Waals surface area contributed by atoms with Crippen LogP contribution in [0.1, 0.15) is 13.8 Å². The number of hydrogen-bond acceptors (Lipinski definition) is 4. The molecule has 0 aliphatic carbocycles. The van der Waals surface area contributed by atoms with Gasteiger partial charge in [0, 0.05) is 9.92 Å². The zero-order chi connectivity index (χ0) is 13.7. The van der Waals surface area contributed by atoms with Gasteiger partial charge in [-0.25, -0.2) is 0 Å². The van der Waals surface area contributed by atoms with Crippen molar-refractivity contribution in [2.75, 3.05) is 0 Å². The van der Waals surface area contributed by atoms with Crippen LogP contribution in [-0.4, -0.2) is 23.2 Å². The molecule has 0 aliphatic rings. The average molecular weight is 288 g/mol. The Kier molecular flexibility index (Phi) is 5.50. The van der Waals surface area contributed by atoms with Crippen LogP contribution in [0.4, 0.5) is 0 Å². The highest BCUT2D eigenvalue weighted by molar-refractivity contribution is 8.00. The van der Waals surface area contributed by atoms with E-state index in [1.165, 1.54) is 18.7 Å². The maximum atomic E-state index is 11.7. The van der Waals surface area contributed by atoms with E-state index in [0.717, 1.165) is 4.90 Å². The van der Waals surface area contributed by atoms with Crippen molar-refractivity contribution in [3.8, 4) is 0 Å². The number of nitrogens with two attached hydrogens (primary N) is 1. The molecule has 1 aromatic rings. The Hall–Kier alpha value is -1.20. The van der Waals surface area contributed by atoms with Crippen molar-refractivity contribution in [1.82, 2.24) is 0 Å². The Morgan fingerprint density at radius 2 is 1.83 bits per heavy atom. The second-order valence-corrected chi connectivity index (χ2v) is 5.55. The molecule has 0 spiro atoms. The molecule has 2 atom stereocenters. The zero-order valence-electron chi connectivity index (χ0n) is 10.1. The number of benzene rings is 1. The van der Waals surface area contributed by atoms with Crippen molar-refractivity contribution in [3.05, 3.63) is 29.3 Å². The van der Waals surface area contributed by atoms with E-state index in [9.17, 15) is 9.59 Å². The minimum absolute atomic E-state index is 0.423. The van der Waals surface area contributed by atoms with Crippen molar-refractivity contribution in [3.63, 3.8) is 0 Å². The largest absolute Gasteiger partial charge is 0.452 e. The molecule has 0 heterocycles. The van der Waals surface area contributed by atoms with Crippen LogP contribution >= 0.6 is 23.4 Å². The lowest BCUT2D eigenvalue weighted by Gasteiger charge is -2.14. The van der Waals surface area contributed by atoms with Crippen LogP contribution in [0.25, 0.3) is 0 Å². The number of carbonyl (C=O) groups excluding carboxylic acids is 2. The van der Waals surface area contributed by atoms with Crippen LogP contribution in [0.3, 0.4) is 0 Å². The molecule has 4 nitrogen and oxygen atoms in total. The number of esters is 1. The van der Waals surface area contributed by atoms with Gasteiger partial charge in [-0.3, -0.25) is 9.59 Å². The summed E-state index contributed by atoms with van der Waals surface area (Å²) in [6.07, 6.45) is -0.911. The SMILES string of the molecule is C[C@H](OC(=O)[C@H](C)Sc1ccc(Cl)cc1)C(N)=O. The summed E-state index contributed by atoms with van der Waals surface area (Å²) < 4.78 is 4.91. The van der Waals surface area contributed by atoms with Gasteiger partial charge in [-0.05, 0) is 38.1 Å². The molecule has 18 heavy (non-hydrogen) atoms. The van der Waals surface area contributed by atoms with Gasteiger partial charge in [-0.15, -0.1) is 11.8 Å². The van der Waals surface area contributed by atoms with Crippen molar-refractivity contribution in [2.45, 2.75) is 30.1 Å². The molecule has 0 aromatic heterocycles. The lowest BCUT2D eigenvalue weighted by Crippen LogP contribution is -2.32. The monoisotopic (exact) mass is 287 g/mol. The Labute approximate surface area is 115 Å². The second-order valence-electron chi connectivity index (χ2n) is 3.70. The van der Waals surface area contributed by atoms with E-state index in [2.05, 4.69) is 0 Å². The molecule has 98 valence electrons. The van der Waals surface area contributed by atoms with Crippen molar-refractivity contribution in [2.24, 2.45) is 5.73 Å². The Morgan fingerprint density at radius 1 is 1.28 bits per heavy atom. The van der Waals surface area contributed by atoms with Gasteiger partial charge in [0.15, 0.2) is 6.10 Å². The summed E-state index contributed by atoms with van der Waals surface area (Å²) in [4.78, 5) is 23.3. The molecular formula is C12H14ClNO3S. The third kappa shape index (κ3) is 4.58. The molecule has 0 saturated carbocycles. The first-order valence-corrected chi connectivity index (χ1v) is 6.58. The molecule has 0 radical (unpaired) electrons. The van der Waals surface area contributed by atoms with E-state index in [1.807, 2.05) is 12.1 Å². The highest BCUT2D eigenvalue weighted by Gasteiger charge is 2.20. The van der Waals surface area contributed by atoms with Crippen LogP contribution in [0.2, 0.25) is 5.02 Å². The van der Waals surface area contributed by atoms with Crippen molar-refractivity contribution < 1.29 is 14.3 Å². The standard InChI is InChI=1S/C12H14ClNO3S/c1-7(11(14)15)17-12(16)8(2)18-10-5-3-9(13)4-6-10/h3-8H,1-2H3,(H2,14,15)/t7-,8-/m0/s1. The smallest absolute Gasteiger partial charge is 0.319 e. The van der Waals surface area contributed by atoms with Gasteiger partial charge in [0.1, 0.15) is 5.25 Å². The molecular weight excluding hydrogens is 274 g/mol. The molecule has 0 bridgehead atoms. The average Bonchev–Trinajstić information content (AvgIpc) is 2.31. The summed E-state index contributed by atoms with van der Waals surface area (Å²) in [6.45, 7) is 3.15. The lowest BCUT2D eigenvalue weighted by atomic mass is 10.4. The van der Waals surface area contributed by atoms with E-state index < -0.39 is 23.2 Å². The minimum Gasteiger partial charge on any atom is -0.452 e. The fraction of sp³-hybridized carbons (Fsp3) is 0.333. The quantitative estimate of drug-likeness (QED) is 0.666. The molecule has 1 aromatic carbocycles. The van der Waals surface area contributed by atoms with E-state index in [0.29, 0.717) is 5.02 Å². The Balaban J connectivity index is 2.54. The molecule has 0 saturated heterocycles. The first kappa shape index (κ1) is 14.9. The number of carbonyl (C=O) groups is 2. The van der Waals surface area contributed by atoms with Gasteiger partial charge < -0.3 is 10.5 Å². The van der Waals surface area contributed by atoms with E-state index in [1.54, 1.807) is 19.1 Å². The molecule has 1 amide bonds. The maximum Gasteiger partial charge on any atom is 0.319 e. The van der Waals surface area contributed by atoms with E-state index in [-0.39, 0.29) is 0 Å². The second kappa shape index (κ2) is 6.66. The third-order valence-corrected chi connectivity index (χ3v) is 3.49. The summed E-state index contributed by atoms with van der Waals surface area (Å²) in [5.74, 6) is -1.13. The number of amides is 1. The summed E-state index contributed by atoms with van der Waals surface area (Å²) in [6, 6.07) is 7.12. The van der Waals surface area contributed by atoms with E-state index >= 15 is 0 Å². The molecule has 0 unspecified atom stereocenters. The summed E-state index contributed by atoms with van der Waals surface area (Å²) in [5.41, 5.74) is 5.02. The van der Waals surface area contributed by atoms with Crippen LogP contribution < -0.4 is 5.73 Å². The number of rotatable bonds is 5. The molecule has 0 fully saturated rings. The number of primary amides is 1. The summed E-state index contributed by atoms with van der Waals surface area (Å²) in [5, 5.41) is 0.213. The first-order chi connectivity index (χ1) is 8.40. The fourth-order valence-corrected chi connectivity index (χ4v) is 2.07. The van der Waals surface area contributed by atoms with Gasteiger partial charge >= 0.3 is 5.97 Å². The van der Waals surface area contributed by atoms with Gasteiger partial charge in [0.05, 0.1) is 0 Å². The normalized spacial score (nSPS) is 13.7. The van der Waals surface area contributed by atoms with Crippen molar-refractivity contribution >= 4 is 35.2 Å². The van der Waals surface area contributed by atoms with Gasteiger partial charge in [0.25, 0.3) is 5.91 Å². The minimum atomic E-state index is -0.911. The first-order valence-electron chi connectivity index (χ1n) is 5.32. The summed E-state index contributed by atoms with van der Waals surface area (Å²) >= 11 is 7.09. The zero-order valence-corrected chi connectivity index (χ0v) is 11.6. The van der Waals surface area contributed by atoms with Crippen LogP contribution in [0.5, 0.6) is 0 Å². The van der Waals surface area contributed by atoms with Crippen LogP contribution in [0, 0.1) is 0 Å². The highest BCUT2D eigenvalue weighted by atomic mass is 35.5. The Bertz CT molecular complexity index is 435. The number of thioether (sulfide) groups is 1. The third-order valence-electron chi connectivity index (χ3n) is 2.15. The lowest BCUT2D eigenvalue weighted by molar-refractivity contribution is -0.152. The van der Waals surface area contributed by atoms with Crippen LogP contribution in [-0.2, 0) is 14.3 Å². The number of halogens is 1. The summed E-state index contributed by atoms with van der Waals surface area (Å²) in [7, 11) is 0. The molecule has 2 N–H and O–H groups in total. The number of ether oxygens (including phenoxy) is 1. The maximum absolute atomic E-state index is 11.7. The number of hydrogen-bond donors (Lipinski definition) is 1. The predicted octanol–water partition coefficient (Wildman–Crippen LogP) is 2.24. The molecule has 1 rings (SSSR count). The van der Waals surface area contributed by atoms with E-state index in [4.69, 9.17) is 22.1 Å². The molecule has 0 aliphatic heterocycles. The van der Waals surface area contributed by atoms with Gasteiger partial charge in [0.2, 0.25) is 0 Å². The Morgan fingerprint density at radius 3 is 2.33 bits per heavy atom.